The van der Waals surface area contributed by atoms with Crippen molar-refractivity contribution >= 4 is 34.5 Å². The predicted octanol–water partition coefficient (Wildman–Crippen LogP) is 5.67. The normalized spacial score (nSPS) is 11.0. The first-order valence-corrected chi connectivity index (χ1v) is 10.4. The first-order valence-electron chi connectivity index (χ1n) is 10.0. The zero-order valence-electron chi connectivity index (χ0n) is 17.8. The minimum atomic E-state index is -0.534. The fraction of sp³-hybridized carbons (Fsp3) is 0.167. The number of hydrogen-bond acceptors (Lipinski definition) is 4. The number of nitrogens with zero attached hydrogens (tertiary/aromatic N) is 3. The fourth-order valence-electron chi connectivity index (χ4n) is 3.55. The summed E-state index contributed by atoms with van der Waals surface area (Å²) in [6.07, 6.45) is 1.96. The Bertz CT molecular complexity index is 1380. The fourth-order valence-corrected chi connectivity index (χ4v) is 3.77. The number of imidazole rings is 1. The maximum atomic E-state index is 12.9. The van der Waals surface area contributed by atoms with E-state index in [0.29, 0.717) is 5.69 Å². The van der Waals surface area contributed by atoms with Gasteiger partial charge in [0.1, 0.15) is 5.65 Å². The van der Waals surface area contributed by atoms with Crippen LogP contribution in [0, 0.1) is 30.9 Å². The number of aromatic nitrogens is 2. The molecule has 0 aliphatic rings. The van der Waals surface area contributed by atoms with E-state index in [1.807, 2.05) is 48.7 Å². The van der Waals surface area contributed by atoms with Crippen LogP contribution in [0.2, 0.25) is 5.02 Å². The number of non-ortho nitro benzene ring substituents is 1. The van der Waals surface area contributed by atoms with Gasteiger partial charge in [0, 0.05) is 23.9 Å². The third-order valence-corrected chi connectivity index (χ3v) is 5.74. The van der Waals surface area contributed by atoms with Gasteiger partial charge in [0.2, 0.25) is 5.91 Å². The van der Waals surface area contributed by atoms with Crippen LogP contribution >= 0.6 is 11.6 Å². The van der Waals surface area contributed by atoms with Crippen LogP contribution in [-0.2, 0) is 11.2 Å². The number of halogens is 1. The summed E-state index contributed by atoms with van der Waals surface area (Å²) in [7, 11) is 0. The zero-order chi connectivity index (χ0) is 23.0. The number of carbonyl (C=O) groups is 1. The van der Waals surface area contributed by atoms with Crippen LogP contribution in [0.3, 0.4) is 0 Å². The molecule has 0 bridgehead atoms. The van der Waals surface area contributed by atoms with Gasteiger partial charge in [0.15, 0.2) is 0 Å². The summed E-state index contributed by atoms with van der Waals surface area (Å²) in [6, 6.07) is 14.0. The molecule has 0 aliphatic carbocycles. The number of pyridine rings is 1. The molecule has 0 aliphatic heterocycles. The van der Waals surface area contributed by atoms with Crippen LogP contribution in [0.5, 0.6) is 0 Å². The average molecular weight is 449 g/mol. The standard InChI is InChI=1S/C24H21ClN4O3/c1-14-8-9-28-21(13-23(30)26-20-7-6-18(29(31)32)12-19(20)25)24(27-22(28)10-14)17-5-4-15(2)16(3)11-17/h4-12H,13H2,1-3H3,(H,26,30). The lowest BCUT2D eigenvalue weighted by Crippen LogP contribution is -2.16. The molecule has 0 fully saturated rings. The highest BCUT2D eigenvalue weighted by Crippen LogP contribution is 2.29. The van der Waals surface area contributed by atoms with E-state index in [4.69, 9.17) is 16.6 Å². The molecule has 0 saturated carbocycles. The lowest BCUT2D eigenvalue weighted by atomic mass is 10.0. The molecule has 1 amide bonds. The summed E-state index contributed by atoms with van der Waals surface area (Å²) < 4.78 is 1.91. The summed E-state index contributed by atoms with van der Waals surface area (Å²) >= 11 is 6.13. The molecule has 7 nitrogen and oxygen atoms in total. The SMILES string of the molecule is Cc1ccn2c(CC(=O)Nc3ccc([N+](=O)[O-])cc3Cl)c(-c3ccc(C)c(C)c3)nc2c1. The molecule has 32 heavy (non-hydrogen) atoms. The van der Waals surface area contributed by atoms with Crippen molar-refractivity contribution in [2.24, 2.45) is 0 Å². The molecular formula is C24H21ClN4O3. The minimum absolute atomic E-state index is 0.0554. The predicted molar refractivity (Wildman–Crippen MR) is 125 cm³/mol. The van der Waals surface area contributed by atoms with Gasteiger partial charge in [-0.1, -0.05) is 23.7 Å². The Hall–Kier alpha value is -3.71. The Morgan fingerprint density at radius 2 is 1.88 bits per heavy atom. The van der Waals surface area contributed by atoms with E-state index >= 15 is 0 Å². The number of fused-ring (bicyclic) bond motifs is 1. The third-order valence-electron chi connectivity index (χ3n) is 5.43. The molecule has 2 aromatic heterocycles. The zero-order valence-corrected chi connectivity index (χ0v) is 18.6. The number of nitro groups is 1. The van der Waals surface area contributed by atoms with E-state index in [9.17, 15) is 14.9 Å². The number of carbonyl (C=O) groups excluding carboxylic acids is 1. The van der Waals surface area contributed by atoms with E-state index in [-0.39, 0.29) is 23.0 Å². The molecule has 0 radical (unpaired) electrons. The van der Waals surface area contributed by atoms with Gasteiger partial charge in [-0.05, 0) is 61.7 Å². The maximum absolute atomic E-state index is 12.9. The van der Waals surface area contributed by atoms with Gasteiger partial charge < -0.3 is 9.72 Å². The Labute approximate surface area is 189 Å². The second-order valence-electron chi connectivity index (χ2n) is 7.78. The Balaban J connectivity index is 1.71. The first kappa shape index (κ1) is 21.5. The number of hydrogen-bond donors (Lipinski definition) is 1. The van der Waals surface area contributed by atoms with Crippen molar-refractivity contribution in [2.45, 2.75) is 27.2 Å². The smallest absolute Gasteiger partial charge is 0.271 e. The summed E-state index contributed by atoms with van der Waals surface area (Å²) in [5, 5.41) is 13.8. The maximum Gasteiger partial charge on any atom is 0.271 e. The van der Waals surface area contributed by atoms with Gasteiger partial charge >= 0.3 is 0 Å². The van der Waals surface area contributed by atoms with E-state index < -0.39 is 4.92 Å². The second kappa shape index (κ2) is 8.43. The largest absolute Gasteiger partial charge is 0.324 e. The monoisotopic (exact) mass is 448 g/mol. The molecule has 1 N–H and O–H groups in total. The molecule has 0 unspecified atom stereocenters. The lowest BCUT2D eigenvalue weighted by Gasteiger charge is -2.10. The van der Waals surface area contributed by atoms with Crippen LogP contribution in [0.1, 0.15) is 22.4 Å². The number of anilines is 1. The highest BCUT2D eigenvalue weighted by Gasteiger charge is 2.19. The van der Waals surface area contributed by atoms with E-state index in [1.165, 1.54) is 23.8 Å². The molecule has 2 aromatic carbocycles. The molecule has 8 heteroatoms. The van der Waals surface area contributed by atoms with Crippen molar-refractivity contribution in [3.63, 3.8) is 0 Å². The van der Waals surface area contributed by atoms with E-state index in [1.54, 1.807) is 0 Å². The number of nitro benzene ring substituents is 1. The highest BCUT2D eigenvalue weighted by atomic mass is 35.5. The Kier molecular flexibility index (Phi) is 5.67. The van der Waals surface area contributed by atoms with Gasteiger partial charge in [-0.3, -0.25) is 14.9 Å². The van der Waals surface area contributed by atoms with Gasteiger partial charge in [-0.25, -0.2) is 4.98 Å². The topological polar surface area (TPSA) is 89.5 Å². The minimum Gasteiger partial charge on any atom is -0.324 e. The van der Waals surface area contributed by atoms with Crippen molar-refractivity contribution in [1.29, 1.82) is 0 Å². The lowest BCUT2D eigenvalue weighted by molar-refractivity contribution is -0.384. The number of amides is 1. The van der Waals surface area contributed by atoms with Crippen LogP contribution in [-0.4, -0.2) is 20.2 Å². The van der Waals surface area contributed by atoms with Crippen molar-refractivity contribution in [1.82, 2.24) is 9.38 Å². The molecule has 2 heterocycles. The van der Waals surface area contributed by atoms with Crippen molar-refractivity contribution in [2.75, 3.05) is 5.32 Å². The summed E-state index contributed by atoms with van der Waals surface area (Å²) in [6.45, 7) is 6.09. The van der Waals surface area contributed by atoms with Gasteiger partial charge in [-0.2, -0.15) is 0 Å². The number of nitrogens with one attached hydrogen (secondary N) is 1. The molecule has 0 atom stereocenters. The van der Waals surface area contributed by atoms with Crippen LogP contribution < -0.4 is 5.32 Å². The van der Waals surface area contributed by atoms with Crippen molar-refractivity contribution in [3.8, 4) is 11.3 Å². The third kappa shape index (κ3) is 4.20. The number of rotatable bonds is 5. The number of benzene rings is 2. The molecule has 4 rings (SSSR count). The van der Waals surface area contributed by atoms with Gasteiger partial charge in [0.05, 0.1) is 33.4 Å². The van der Waals surface area contributed by atoms with Crippen molar-refractivity contribution < 1.29 is 9.72 Å². The first-order chi connectivity index (χ1) is 15.2. The van der Waals surface area contributed by atoms with Gasteiger partial charge in [0.25, 0.3) is 5.69 Å². The Morgan fingerprint density at radius 3 is 2.56 bits per heavy atom. The highest BCUT2D eigenvalue weighted by molar-refractivity contribution is 6.34. The molecule has 0 saturated heterocycles. The van der Waals surface area contributed by atoms with Gasteiger partial charge in [-0.15, -0.1) is 0 Å². The van der Waals surface area contributed by atoms with E-state index in [0.717, 1.165) is 33.7 Å². The molecular weight excluding hydrogens is 428 g/mol. The van der Waals surface area contributed by atoms with Crippen LogP contribution in [0.4, 0.5) is 11.4 Å². The average Bonchev–Trinajstić information content (AvgIpc) is 3.08. The molecule has 0 spiro atoms. The quantitative estimate of drug-likeness (QED) is 0.314. The Morgan fingerprint density at radius 1 is 1.09 bits per heavy atom. The summed E-state index contributed by atoms with van der Waals surface area (Å²) in [5.41, 5.74) is 6.76. The number of aryl methyl sites for hydroxylation is 3. The summed E-state index contributed by atoms with van der Waals surface area (Å²) in [4.78, 5) is 28.1. The van der Waals surface area contributed by atoms with Crippen molar-refractivity contribution in [3.05, 3.63) is 92.2 Å². The van der Waals surface area contributed by atoms with E-state index in [2.05, 4.69) is 18.3 Å². The van der Waals surface area contributed by atoms with Crippen LogP contribution in [0.15, 0.2) is 54.7 Å². The molecule has 162 valence electrons. The van der Waals surface area contributed by atoms with Crippen LogP contribution in [0.25, 0.3) is 16.9 Å². The second-order valence-corrected chi connectivity index (χ2v) is 8.19. The summed E-state index contributed by atoms with van der Waals surface area (Å²) in [5.74, 6) is -0.298. The molecule has 4 aromatic rings.